The predicted molar refractivity (Wildman–Crippen MR) is 47.0 cm³/mol. The summed E-state index contributed by atoms with van der Waals surface area (Å²) in [4.78, 5) is 18.6. The topological polar surface area (TPSA) is 73.8 Å². The molecule has 0 aliphatic heterocycles. The molecule has 5 heteroatoms. The first kappa shape index (κ1) is 7.72. The van der Waals surface area contributed by atoms with E-state index in [4.69, 9.17) is 5.73 Å². The van der Waals surface area contributed by atoms with Crippen LogP contribution in [-0.2, 0) is 7.05 Å². The van der Waals surface area contributed by atoms with Gasteiger partial charge in [0.25, 0.3) is 5.91 Å². The lowest BCUT2D eigenvalue weighted by Crippen LogP contribution is -2.15. The van der Waals surface area contributed by atoms with Crippen LogP contribution >= 0.6 is 0 Å². The molecule has 1 amide bonds. The van der Waals surface area contributed by atoms with Crippen molar-refractivity contribution in [3.8, 4) is 0 Å². The van der Waals surface area contributed by atoms with Crippen molar-refractivity contribution in [3.05, 3.63) is 24.3 Å². The number of hydrogen-bond donors (Lipinski definition) is 1. The van der Waals surface area contributed by atoms with E-state index in [1.54, 1.807) is 6.20 Å². The van der Waals surface area contributed by atoms with Gasteiger partial charge in [-0.1, -0.05) is 0 Å². The summed E-state index contributed by atoms with van der Waals surface area (Å²) < 4.78 is 1.81. The molecule has 0 fully saturated rings. The third-order valence-electron chi connectivity index (χ3n) is 1.83. The van der Waals surface area contributed by atoms with Crippen LogP contribution in [0, 0.1) is 0 Å². The fourth-order valence-corrected chi connectivity index (χ4v) is 1.16. The Morgan fingerprint density at radius 3 is 3.08 bits per heavy atom. The second-order valence-corrected chi connectivity index (χ2v) is 2.76. The summed E-state index contributed by atoms with van der Waals surface area (Å²) in [5.41, 5.74) is 5.76. The minimum Gasteiger partial charge on any atom is -0.363 e. The summed E-state index contributed by atoms with van der Waals surface area (Å²) in [6, 6.07) is 1.88. The Bertz CT molecular complexity index is 474. The summed E-state index contributed by atoms with van der Waals surface area (Å²) in [5, 5.41) is 0.896. The van der Waals surface area contributed by atoms with Gasteiger partial charge < -0.3 is 10.3 Å². The van der Waals surface area contributed by atoms with Crippen LogP contribution in [0.1, 0.15) is 10.6 Å². The van der Waals surface area contributed by atoms with E-state index < -0.39 is 5.91 Å². The fraction of sp³-hybridized carbons (Fsp3) is 0.125. The summed E-state index contributed by atoms with van der Waals surface area (Å²) in [5.74, 6) is -0.558. The fourth-order valence-electron chi connectivity index (χ4n) is 1.16. The Balaban J connectivity index is 2.72. The van der Waals surface area contributed by atoms with Gasteiger partial charge in [-0.05, 0) is 6.07 Å². The molecule has 66 valence electrons. The van der Waals surface area contributed by atoms with Crippen molar-refractivity contribution in [2.75, 3.05) is 0 Å². The third kappa shape index (κ3) is 1.14. The van der Waals surface area contributed by atoms with Crippen molar-refractivity contribution in [2.24, 2.45) is 12.8 Å². The van der Waals surface area contributed by atoms with Crippen LogP contribution in [0.4, 0.5) is 0 Å². The molecule has 2 aromatic rings. The lowest BCUT2D eigenvalue weighted by Gasteiger charge is -1.96. The maximum atomic E-state index is 10.8. The highest BCUT2D eigenvalue weighted by Gasteiger charge is 2.06. The number of carbonyl (C=O) groups is 1. The van der Waals surface area contributed by atoms with Gasteiger partial charge in [-0.2, -0.15) is 0 Å². The number of carbonyl (C=O) groups excluding carboxylic acids is 1. The van der Waals surface area contributed by atoms with Crippen molar-refractivity contribution >= 4 is 16.9 Å². The van der Waals surface area contributed by atoms with Gasteiger partial charge in [0, 0.05) is 24.8 Å². The van der Waals surface area contributed by atoms with E-state index in [1.165, 1.54) is 0 Å². The normalized spacial score (nSPS) is 10.5. The van der Waals surface area contributed by atoms with Crippen molar-refractivity contribution in [3.63, 3.8) is 0 Å². The molecule has 0 unspecified atom stereocenters. The molecule has 0 aliphatic carbocycles. The van der Waals surface area contributed by atoms with Crippen LogP contribution in [0.15, 0.2) is 18.5 Å². The van der Waals surface area contributed by atoms with Gasteiger partial charge in [0.2, 0.25) is 5.82 Å². The Morgan fingerprint density at radius 2 is 2.38 bits per heavy atom. The van der Waals surface area contributed by atoms with E-state index >= 15 is 0 Å². The van der Waals surface area contributed by atoms with E-state index in [9.17, 15) is 4.79 Å². The highest BCUT2D eigenvalue weighted by atomic mass is 16.1. The molecule has 2 aromatic heterocycles. The maximum Gasteiger partial charge on any atom is 0.286 e. The average Bonchev–Trinajstić information content (AvgIpc) is 2.47. The van der Waals surface area contributed by atoms with Crippen LogP contribution in [0.2, 0.25) is 0 Å². The molecule has 2 heterocycles. The third-order valence-corrected chi connectivity index (χ3v) is 1.83. The lowest BCUT2D eigenvalue weighted by molar-refractivity contribution is 0.0990. The second-order valence-electron chi connectivity index (χ2n) is 2.76. The summed E-state index contributed by atoms with van der Waals surface area (Å²) in [6.45, 7) is 0. The Labute approximate surface area is 74.2 Å². The van der Waals surface area contributed by atoms with Crippen molar-refractivity contribution < 1.29 is 4.79 Å². The molecule has 0 aliphatic rings. The minimum absolute atomic E-state index is 0.0503. The molecule has 0 bridgehead atoms. The van der Waals surface area contributed by atoms with Gasteiger partial charge >= 0.3 is 0 Å². The average molecular weight is 176 g/mol. The van der Waals surface area contributed by atoms with Crippen molar-refractivity contribution in [2.45, 2.75) is 0 Å². The van der Waals surface area contributed by atoms with Gasteiger partial charge in [0.1, 0.15) is 5.65 Å². The van der Waals surface area contributed by atoms with Crippen LogP contribution in [0.5, 0.6) is 0 Å². The lowest BCUT2D eigenvalue weighted by atomic mass is 10.4. The minimum atomic E-state index is -0.608. The molecule has 0 atom stereocenters. The smallest absolute Gasteiger partial charge is 0.286 e. The maximum absolute atomic E-state index is 10.8. The number of amides is 1. The number of nitrogens with two attached hydrogens (primary N) is 1. The molecule has 2 rings (SSSR count). The molecular weight excluding hydrogens is 168 g/mol. The zero-order chi connectivity index (χ0) is 9.42. The van der Waals surface area contributed by atoms with Crippen LogP contribution in [-0.4, -0.2) is 20.4 Å². The Kier molecular flexibility index (Phi) is 1.51. The molecule has 0 aromatic carbocycles. The number of aromatic nitrogens is 3. The Morgan fingerprint density at radius 1 is 1.62 bits per heavy atom. The summed E-state index contributed by atoms with van der Waals surface area (Å²) in [6.07, 6.45) is 3.44. The molecule has 13 heavy (non-hydrogen) atoms. The molecule has 0 saturated heterocycles. The molecule has 0 spiro atoms. The molecule has 0 saturated carbocycles. The van der Waals surface area contributed by atoms with E-state index in [2.05, 4.69) is 9.97 Å². The monoisotopic (exact) mass is 176 g/mol. The van der Waals surface area contributed by atoms with Crippen LogP contribution in [0.3, 0.4) is 0 Å². The highest BCUT2D eigenvalue weighted by Crippen LogP contribution is 2.10. The molecular formula is C8H8N4O. The van der Waals surface area contributed by atoms with Crippen molar-refractivity contribution in [1.82, 2.24) is 14.5 Å². The number of primary amides is 1. The largest absolute Gasteiger partial charge is 0.363 e. The van der Waals surface area contributed by atoms with E-state index in [0.29, 0.717) is 5.65 Å². The predicted octanol–water partition coefficient (Wildman–Crippen LogP) is 0.0672. The molecule has 2 N–H and O–H groups in total. The van der Waals surface area contributed by atoms with Gasteiger partial charge in [-0.3, -0.25) is 4.79 Å². The number of fused-ring (bicyclic) bond motifs is 1. The number of hydrogen-bond acceptors (Lipinski definition) is 3. The highest BCUT2D eigenvalue weighted by molar-refractivity contribution is 5.90. The Hall–Kier alpha value is -1.91. The SMILES string of the molecule is Cn1ccc2cnc(C(N)=O)nc21. The summed E-state index contributed by atoms with van der Waals surface area (Å²) in [7, 11) is 1.85. The first-order chi connectivity index (χ1) is 6.18. The number of rotatable bonds is 1. The van der Waals surface area contributed by atoms with Crippen molar-refractivity contribution in [1.29, 1.82) is 0 Å². The number of nitrogens with zero attached hydrogens (tertiary/aromatic N) is 3. The second kappa shape index (κ2) is 2.55. The van der Waals surface area contributed by atoms with Crippen LogP contribution < -0.4 is 5.73 Å². The van der Waals surface area contributed by atoms with Crippen LogP contribution in [0.25, 0.3) is 11.0 Å². The standard InChI is InChI=1S/C8H8N4O/c1-12-3-2-5-4-10-7(6(9)13)11-8(5)12/h2-4H,1H3,(H2,9,13). The van der Waals surface area contributed by atoms with Gasteiger partial charge in [-0.15, -0.1) is 0 Å². The van der Waals surface area contributed by atoms with Gasteiger partial charge in [0.05, 0.1) is 0 Å². The van der Waals surface area contributed by atoms with E-state index in [1.807, 2.05) is 23.9 Å². The summed E-state index contributed by atoms with van der Waals surface area (Å²) >= 11 is 0. The first-order valence-electron chi connectivity index (χ1n) is 3.76. The van der Waals surface area contributed by atoms with E-state index in [0.717, 1.165) is 5.39 Å². The quantitative estimate of drug-likeness (QED) is 0.668. The first-order valence-corrected chi connectivity index (χ1v) is 3.76. The zero-order valence-electron chi connectivity index (χ0n) is 7.06. The molecule has 0 radical (unpaired) electrons. The number of aryl methyl sites for hydroxylation is 1. The molecule has 5 nitrogen and oxygen atoms in total. The van der Waals surface area contributed by atoms with Gasteiger partial charge in [-0.25, -0.2) is 9.97 Å². The zero-order valence-corrected chi connectivity index (χ0v) is 7.06. The van der Waals surface area contributed by atoms with E-state index in [-0.39, 0.29) is 5.82 Å². The van der Waals surface area contributed by atoms with Gasteiger partial charge in [0.15, 0.2) is 0 Å².